The molecular formula is C19H22N4S. The number of aromatic nitrogens is 2. The Bertz CT molecular complexity index is 861. The normalized spacial score (nSPS) is 15.3. The lowest BCUT2D eigenvalue weighted by Crippen LogP contribution is -2.46. The molecule has 1 aliphatic rings. The average molecular weight is 338 g/mol. The van der Waals surface area contributed by atoms with E-state index in [1.807, 2.05) is 0 Å². The average Bonchev–Trinajstić information content (AvgIpc) is 2.90. The van der Waals surface area contributed by atoms with E-state index in [0.717, 1.165) is 36.8 Å². The number of hydrogen-bond donors (Lipinski definition) is 0. The van der Waals surface area contributed by atoms with Crippen molar-refractivity contribution in [1.82, 2.24) is 9.97 Å². The molecule has 3 heterocycles. The van der Waals surface area contributed by atoms with Crippen LogP contribution in [0.3, 0.4) is 0 Å². The van der Waals surface area contributed by atoms with E-state index in [1.54, 1.807) is 17.7 Å². The predicted molar refractivity (Wildman–Crippen MR) is 102 cm³/mol. The van der Waals surface area contributed by atoms with E-state index in [0.29, 0.717) is 0 Å². The van der Waals surface area contributed by atoms with E-state index < -0.39 is 0 Å². The predicted octanol–water partition coefficient (Wildman–Crippen LogP) is 3.94. The zero-order chi connectivity index (χ0) is 16.7. The highest BCUT2D eigenvalue weighted by molar-refractivity contribution is 7.18. The van der Waals surface area contributed by atoms with E-state index in [1.165, 1.54) is 27.1 Å². The second-order valence-corrected chi connectivity index (χ2v) is 7.67. The highest BCUT2D eigenvalue weighted by Crippen LogP contribution is 2.34. The van der Waals surface area contributed by atoms with Crippen LogP contribution in [0.2, 0.25) is 0 Å². The Kier molecular flexibility index (Phi) is 3.88. The molecule has 0 amide bonds. The van der Waals surface area contributed by atoms with Crippen molar-refractivity contribution in [3.63, 3.8) is 0 Å². The lowest BCUT2D eigenvalue weighted by molar-refractivity contribution is 0.649. The van der Waals surface area contributed by atoms with Crippen molar-refractivity contribution in [2.75, 3.05) is 36.0 Å². The molecule has 1 aromatic carbocycles. The number of benzene rings is 1. The van der Waals surface area contributed by atoms with Gasteiger partial charge >= 0.3 is 0 Å². The van der Waals surface area contributed by atoms with E-state index in [9.17, 15) is 0 Å². The van der Waals surface area contributed by atoms with Crippen molar-refractivity contribution >= 4 is 33.1 Å². The Labute approximate surface area is 146 Å². The van der Waals surface area contributed by atoms with E-state index in [2.05, 4.69) is 64.8 Å². The Morgan fingerprint density at radius 3 is 2.25 bits per heavy atom. The second-order valence-electron chi connectivity index (χ2n) is 6.47. The minimum Gasteiger partial charge on any atom is -0.368 e. The number of anilines is 2. The third kappa shape index (κ3) is 2.63. The monoisotopic (exact) mass is 338 g/mol. The van der Waals surface area contributed by atoms with Gasteiger partial charge in [-0.15, -0.1) is 11.3 Å². The van der Waals surface area contributed by atoms with Crippen molar-refractivity contribution < 1.29 is 0 Å². The summed E-state index contributed by atoms with van der Waals surface area (Å²) in [6.45, 7) is 10.5. The fourth-order valence-corrected chi connectivity index (χ4v) is 4.33. The summed E-state index contributed by atoms with van der Waals surface area (Å²) in [5.74, 6) is 1.10. The van der Waals surface area contributed by atoms with Crippen LogP contribution in [0, 0.1) is 20.8 Å². The van der Waals surface area contributed by atoms with E-state index >= 15 is 0 Å². The standard InChI is InChI=1S/C19H22N4S/c1-13-4-6-16(7-5-13)22-8-10-23(11-9-22)18-17-14(2)15(3)24-19(17)21-12-20-18/h4-7,12H,8-11H2,1-3H3. The summed E-state index contributed by atoms with van der Waals surface area (Å²) in [7, 11) is 0. The molecular weight excluding hydrogens is 316 g/mol. The highest BCUT2D eigenvalue weighted by atomic mass is 32.1. The highest BCUT2D eigenvalue weighted by Gasteiger charge is 2.22. The van der Waals surface area contributed by atoms with Crippen LogP contribution in [0.15, 0.2) is 30.6 Å². The number of rotatable bonds is 2. The molecule has 0 aliphatic carbocycles. The summed E-state index contributed by atoms with van der Waals surface area (Å²) in [6.07, 6.45) is 1.71. The van der Waals surface area contributed by atoms with Gasteiger partial charge in [-0.1, -0.05) is 17.7 Å². The lowest BCUT2D eigenvalue weighted by atomic mass is 10.1. The molecule has 1 saturated heterocycles. The third-order valence-electron chi connectivity index (χ3n) is 4.92. The molecule has 5 heteroatoms. The molecule has 0 N–H and O–H groups in total. The maximum Gasteiger partial charge on any atom is 0.141 e. The molecule has 0 saturated carbocycles. The first-order valence-electron chi connectivity index (χ1n) is 8.41. The van der Waals surface area contributed by atoms with Gasteiger partial charge in [0, 0.05) is 36.7 Å². The van der Waals surface area contributed by atoms with Crippen molar-refractivity contribution in [1.29, 1.82) is 0 Å². The third-order valence-corrected chi connectivity index (χ3v) is 6.04. The van der Waals surface area contributed by atoms with Gasteiger partial charge in [0.2, 0.25) is 0 Å². The maximum absolute atomic E-state index is 4.62. The van der Waals surface area contributed by atoms with Crippen LogP contribution in [0.5, 0.6) is 0 Å². The largest absolute Gasteiger partial charge is 0.368 e. The summed E-state index contributed by atoms with van der Waals surface area (Å²) >= 11 is 1.77. The number of thiophene rings is 1. The molecule has 0 spiro atoms. The molecule has 4 rings (SSSR count). The number of hydrogen-bond acceptors (Lipinski definition) is 5. The van der Waals surface area contributed by atoms with E-state index in [4.69, 9.17) is 0 Å². The number of piperazine rings is 1. The molecule has 0 radical (unpaired) electrons. The van der Waals surface area contributed by atoms with Gasteiger partial charge in [-0.25, -0.2) is 9.97 Å². The number of nitrogens with zero attached hydrogens (tertiary/aromatic N) is 4. The molecule has 124 valence electrons. The van der Waals surface area contributed by atoms with Gasteiger partial charge in [0.1, 0.15) is 17.0 Å². The van der Waals surface area contributed by atoms with Crippen LogP contribution in [-0.2, 0) is 0 Å². The van der Waals surface area contributed by atoms with Gasteiger partial charge in [-0.3, -0.25) is 0 Å². The Hall–Kier alpha value is -2.14. The first-order chi connectivity index (χ1) is 11.6. The Morgan fingerprint density at radius 2 is 1.54 bits per heavy atom. The topological polar surface area (TPSA) is 32.3 Å². The van der Waals surface area contributed by atoms with Crippen molar-refractivity contribution in [3.8, 4) is 0 Å². The minimum atomic E-state index is 0.994. The van der Waals surface area contributed by atoms with Crippen LogP contribution in [0.4, 0.5) is 11.5 Å². The molecule has 0 atom stereocenters. The lowest BCUT2D eigenvalue weighted by Gasteiger charge is -2.37. The molecule has 4 nitrogen and oxygen atoms in total. The van der Waals surface area contributed by atoms with E-state index in [-0.39, 0.29) is 0 Å². The summed E-state index contributed by atoms with van der Waals surface area (Å²) in [5.41, 5.74) is 3.95. The van der Waals surface area contributed by atoms with Crippen LogP contribution in [0.1, 0.15) is 16.0 Å². The van der Waals surface area contributed by atoms with Crippen molar-refractivity contribution in [3.05, 3.63) is 46.6 Å². The van der Waals surface area contributed by atoms with Crippen LogP contribution < -0.4 is 9.80 Å². The summed E-state index contributed by atoms with van der Waals surface area (Å²) in [5, 5.41) is 1.24. The zero-order valence-corrected chi connectivity index (χ0v) is 15.2. The number of fused-ring (bicyclic) bond motifs is 1. The molecule has 2 aromatic heterocycles. The number of aryl methyl sites for hydroxylation is 3. The maximum atomic E-state index is 4.62. The molecule has 1 fully saturated rings. The summed E-state index contributed by atoms with van der Waals surface area (Å²) in [4.78, 5) is 16.4. The Morgan fingerprint density at radius 1 is 0.875 bits per heavy atom. The fraction of sp³-hybridized carbons (Fsp3) is 0.368. The van der Waals surface area contributed by atoms with Gasteiger partial charge in [0.05, 0.1) is 5.39 Å². The van der Waals surface area contributed by atoms with Crippen molar-refractivity contribution in [2.45, 2.75) is 20.8 Å². The Balaban J connectivity index is 1.57. The molecule has 0 unspecified atom stereocenters. The van der Waals surface area contributed by atoms with Crippen LogP contribution in [-0.4, -0.2) is 36.1 Å². The smallest absolute Gasteiger partial charge is 0.141 e. The molecule has 24 heavy (non-hydrogen) atoms. The summed E-state index contributed by atoms with van der Waals surface area (Å²) in [6, 6.07) is 8.82. The zero-order valence-electron chi connectivity index (χ0n) is 14.4. The first-order valence-corrected chi connectivity index (χ1v) is 9.22. The van der Waals surface area contributed by atoms with Crippen LogP contribution >= 0.6 is 11.3 Å². The van der Waals surface area contributed by atoms with Gasteiger partial charge < -0.3 is 9.80 Å². The fourth-order valence-electron chi connectivity index (χ4n) is 3.34. The second kappa shape index (κ2) is 6.06. The van der Waals surface area contributed by atoms with Gasteiger partial charge in [-0.2, -0.15) is 0 Å². The van der Waals surface area contributed by atoms with Gasteiger partial charge in [-0.05, 0) is 38.5 Å². The molecule has 3 aromatic rings. The SMILES string of the molecule is Cc1ccc(N2CCN(c3ncnc4sc(C)c(C)c34)CC2)cc1. The molecule has 0 bridgehead atoms. The van der Waals surface area contributed by atoms with Gasteiger partial charge in [0.15, 0.2) is 0 Å². The minimum absolute atomic E-state index is 0.994. The first kappa shape index (κ1) is 15.4. The van der Waals surface area contributed by atoms with Crippen LogP contribution in [0.25, 0.3) is 10.2 Å². The quantitative estimate of drug-likeness (QED) is 0.708. The molecule has 1 aliphatic heterocycles. The van der Waals surface area contributed by atoms with Crippen molar-refractivity contribution in [2.24, 2.45) is 0 Å². The summed E-state index contributed by atoms with van der Waals surface area (Å²) < 4.78 is 0. The van der Waals surface area contributed by atoms with Gasteiger partial charge in [0.25, 0.3) is 0 Å².